The lowest BCUT2D eigenvalue weighted by atomic mass is 10.4. The van der Waals surface area contributed by atoms with E-state index in [4.69, 9.17) is 0 Å². The third-order valence-electron chi connectivity index (χ3n) is 2.02. The van der Waals surface area contributed by atoms with Crippen molar-refractivity contribution in [2.24, 2.45) is 0 Å². The number of rotatable bonds is 3. The van der Waals surface area contributed by atoms with Crippen LogP contribution in [-0.2, 0) is 19.7 Å². The molecular weight excluding hydrogens is 328 g/mol. The van der Waals surface area contributed by atoms with Gasteiger partial charge in [-0.2, -0.15) is 0 Å². The molecule has 0 saturated heterocycles. The van der Waals surface area contributed by atoms with Crippen LogP contribution in [0.1, 0.15) is 0 Å². The van der Waals surface area contributed by atoms with E-state index in [1.165, 1.54) is 18.2 Å². The van der Waals surface area contributed by atoms with Crippen molar-refractivity contribution in [1.82, 2.24) is 0 Å². The topological polar surface area (TPSA) is 68.3 Å². The van der Waals surface area contributed by atoms with Gasteiger partial charge in [-0.3, -0.25) is 12.9 Å². The fourth-order valence-electron chi connectivity index (χ4n) is 1.37. The maximum atomic E-state index is 11.5. The van der Waals surface area contributed by atoms with Crippen LogP contribution in [-0.4, -0.2) is 47.5 Å². The molecule has 86 valence electrons. The van der Waals surface area contributed by atoms with E-state index in [0.29, 0.717) is 3.69 Å². The Balaban J connectivity index is 3.71. The SMILES string of the molecule is CS(=O)(=O)c1cccc(S(C)(=O)=O)[c]1[Mg][Br]. The fourth-order valence-corrected chi connectivity index (χ4v) is 8.63. The molecule has 0 aliphatic carbocycles. The molecule has 16 heavy (non-hydrogen) atoms. The average molecular weight is 337 g/mol. The van der Waals surface area contributed by atoms with Crippen molar-refractivity contribution in [2.75, 3.05) is 12.5 Å². The first-order valence-corrected chi connectivity index (χ1v) is 12.6. The number of halogens is 1. The molecular formula is C8H9BrMgO4S2. The molecule has 0 aliphatic rings. The lowest BCUT2D eigenvalue weighted by Crippen LogP contribution is -2.25. The highest BCUT2D eigenvalue weighted by Crippen LogP contribution is 2.13. The molecule has 0 aliphatic heterocycles. The molecule has 4 nitrogen and oxygen atoms in total. The largest absolute Gasteiger partial charge is 0.511 e. The third-order valence-corrected chi connectivity index (χ3v) is 7.61. The van der Waals surface area contributed by atoms with Gasteiger partial charge in [-0.05, 0) is 12.1 Å². The third kappa shape index (κ3) is 3.19. The van der Waals surface area contributed by atoms with E-state index in [2.05, 4.69) is 12.9 Å². The predicted molar refractivity (Wildman–Crippen MR) is 67.0 cm³/mol. The van der Waals surface area contributed by atoms with E-state index in [9.17, 15) is 16.8 Å². The second kappa shape index (κ2) is 4.93. The van der Waals surface area contributed by atoms with Crippen LogP contribution in [0.4, 0.5) is 0 Å². The molecule has 0 amide bonds. The highest BCUT2D eigenvalue weighted by molar-refractivity contribution is 9.23. The summed E-state index contributed by atoms with van der Waals surface area (Å²) in [7, 11) is -6.78. The smallest absolute Gasteiger partial charge is 0.296 e. The summed E-state index contributed by atoms with van der Waals surface area (Å²) in [5, 5.41) is 0. The van der Waals surface area contributed by atoms with E-state index < -0.39 is 37.9 Å². The number of benzene rings is 1. The highest BCUT2D eigenvalue weighted by Gasteiger charge is 2.20. The predicted octanol–water partition coefficient (Wildman–Crippen LogP) is 0.133. The molecule has 8 heteroatoms. The van der Waals surface area contributed by atoms with Crippen molar-refractivity contribution in [1.29, 1.82) is 0 Å². The van der Waals surface area contributed by atoms with Crippen LogP contribution in [0, 0.1) is 0 Å². The quantitative estimate of drug-likeness (QED) is 0.736. The highest BCUT2D eigenvalue weighted by atomic mass is 79.9. The Kier molecular flexibility index (Phi) is 4.44. The first kappa shape index (κ1) is 14.4. The summed E-state index contributed by atoms with van der Waals surface area (Å²) in [5.74, 6) is 0. The molecule has 0 fully saturated rings. The van der Waals surface area contributed by atoms with Crippen molar-refractivity contribution in [3.8, 4) is 0 Å². The molecule has 0 atom stereocenters. The molecule has 0 radical (unpaired) electrons. The number of hydrogen-bond donors (Lipinski definition) is 0. The van der Waals surface area contributed by atoms with Gasteiger partial charge in [0.1, 0.15) is 0 Å². The van der Waals surface area contributed by atoms with Gasteiger partial charge in [0.25, 0.3) is 0 Å². The van der Waals surface area contributed by atoms with Crippen molar-refractivity contribution in [3.63, 3.8) is 0 Å². The molecule has 0 unspecified atom stereocenters. The van der Waals surface area contributed by atoms with Crippen molar-refractivity contribution in [2.45, 2.75) is 9.79 Å². The molecule has 0 spiro atoms. The van der Waals surface area contributed by atoms with Crippen LogP contribution in [0.2, 0.25) is 0 Å². The monoisotopic (exact) mass is 336 g/mol. The second-order valence-corrected chi connectivity index (χ2v) is 10.0. The van der Waals surface area contributed by atoms with Crippen LogP contribution >= 0.6 is 12.9 Å². The molecule has 0 bridgehead atoms. The summed E-state index contributed by atoms with van der Waals surface area (Å²) in [6.07, 6.45) is 2.16. The van der Waals surface area contributed by atoms with Crippen LogP contribution in [0.15, 0.2) is 28.0 Å². The van der Waals surface area contributed by atoms with E-state index >= 15 is 0 Å². The minimum atomic E-state index is -3.39. The first-order valence-electron chi connectivity index (χ1n) is 4.26. The van der Waals surface area contributed by atoms with Gasteiger partial charge in [0.15, 0.2) is 19.7 Å². The minimum Gasteiger partial charge on any atom is -0.296 e. The van der Waals surface area contributed by atoms with Gasteiger partial charge < -0.3 is 0 Å². The van der Waals surface area contributed by atoms with E-state index in [1.54, 1.807) is 0 Å². The molecule has 1 rings (SSSR count). The van der Waals surface area contributed by atoms with Gasteiger partial charge in [0, 0.05) is 22.3 Å². The zero-order valence-electron chi connectivity index (χ0n) is 8.77. The van der Waals surface area contributed by atoms with Gasteiger partial charge in [0.2, 0.25) is 0 Å². The molecule has 1 aromatic rings. The summed E-state index contributed by atoms with van der Waals surface area (Å²) < 4.78 is 46.4. The zero-order chi connectivity index (χ0) is 12.6. The standard InChI is InChI=1S/C8H9O4S2.BrH.Mg/c1-13(9,10)7-4-3-5-8(6-7)14(2,11)12;;/h3-5H,1-2H3;1H;/q;;+1/p-1. The Morgan fingerprint density at radius 1 is 1.00 bits per heavy atom. The summed E-state index contributed by atoms with van der Waals surface area (Å²) in [6, 6.07) is 4.33. The normalized spacial score (nSPS) is 12.2. The summed E-state index contributed by atoms with van der Waals surface area (Å²) in [5.41, 5.74) is 0. The van der Waals surface area contributed by atoms with Gasteiger partial charge in [-0.15, -0.1) is 3.69 Å². The summed E-state index contributed by atoms with van der Waals surface area (Å²) >= 11 is 2.18. The number of sulfone groups is 2. The Hall–Kier alpha value is 0.366. The Labute approximate surface area is 111 Å². The Bertz CT molecular complexity index is 557. The van der Waals surface area contributed by atoms with Gasteiger partial charge in [0.05, 0.1) is 0 Å². The molecule has 0 N–H and O–H groups in total. The number of hydrogen-bond acceptors (Lipinski definition) is 4. The minimum absolute atomic E-state index is 0.110. The molecule has 0 aromatic heterocycles. The zero-order valence-corrected chi connectivity index (χ0v) is 13.4. The summed E-state index contributed by atoms with van der Waals surface area (Å²) in [4.78, 5) is 0.220. The van der Waals surface area contributed by atoms with Crippen molar-refractivity contribution >= 4 is 54.4 Å². The molecule has 0 heterocycles. The maximum Gasteiger partial charge on any atom is 0.511 e. The molecule has 0 saturated carbocycles. The lowest BCUT2D eigenvalue weighted by Gasteiger charge is -2.10. The second-order valence-electron chi connectivity index (χ2n) is 3.41. The average Bonchev–Trinajstić information content (AvgIpc) is 2.13. The van der Waals surface area contributed by atoms with Crippen LogP contribution in [0.3, 0.4) is 0 Å². The summed E-state index contributed by atoms with van der Waals surface area (Å²) in [6.45, 7) is 0. The van der Waals surface area contributed by atoms with Crippen LogP contribution in [0.5, 0.6) is 0 Å². The molecule has 1 aromatic carbocycles. The van der Waals surface area contributed by atoms with E-state index in [0.717, 1.165) is 12.5 Å². The Morgan fingerprint density at radius 2 is 1.38 bits per heavy atom. The first-order chi connectivity index (χ1) is 7.18. The van der Waals surface area contributed by atoms with Gasteiger partial charge >= 0.3 is 18.2 Å². The Morgan fingerprint density at radius 3 is 1.62 bits per heavy atom. The van der Waals surface area contributed by atoms with Crippen molar-refractivity contribution in [3.05, 3.63) is 18.2 Å². The van der Waals surface area contributed by atoms with E-state index in [-0.39, 0.29) is 9.79 Å². The van der Waals surface area contributed by atoms with Gasteiger partial charge in [-0.1, -0.05) is 6.07 Å². The van der Waals surface area contributed by atoms with E-state index in [1.807, 2.05) is 0 Å². The van der Waals surface area contributed by atoms with Gasteiger partial charge in [-0.25, -0.2) is 16.8 Å². The van der Waals surface area contributed by atoms with Crippen LogP contribution < -0.4 is 3.69 Å². The fraction of sp³-hybridized carbons (Fsp3) is 0.250. The lowest BCUT2D eigenvalue weighted by molar-refractivity contribution is 0.601. The van der Waals surface area contributed by atoms with Crippen LogP contribution in [0.25, 0.3) is 0 Å². The maximum absolute atomic E-state index is 11.5. The van der Waals surface area contributed by atoms with Crippen molar-refractivity contribution < 1.29 is 16.8 Å².